The monoisotopic (exact) mass is 304 g/mol. The van der Waals surface area contributed by atoms with E-state index < -0.39 is 29.4 Å². The summed E-state index contributed by atoms with van der Waals surface area (Å²) in [5.41, 5.74) is 4.59. The molecule has 3 amide bonds. The van der Waals surface area contributed by atoms with Gasteiger partial charge < -0.3 is 14.9 Å². The number of hydrogen-bond donors (Lipinski definition) is 2. The third kappa shape index (κ3) is 3.29. The molecule has 8 nitrogen and oxygen atoms in total. The average Bonchev–Trinajstić information content (AvgIpc) is 2.46. The van der Waals surface area contributed by atoms with Gasteiger partial charge in [0.15, 0.2) is 11.5 Å². The molecule has 0 aliphatic rings. The van der Waals surface area contributed by atoms with Crippen LogP contribution in [-0.4, -0.2) is 24.0 Å². The number of nitrogens with one attached hydrogen (secondary N) is 1. The number of urea groups is 1. The Kier molecular flexibility index (Phi) is 4.21. The maximum atomic E-state index is 11.9. The van der Waals surface area contributed by atoms with E-state index in [1.165, 1.54) is 13.0 Å². The molecule has 2 rings (SSSR count). The number of imide groups is 1. The van der Waals surface area contributed by atoms with Crippen LogP contribution in [0.2, 0.25) is 0 Å². The van der Waals surface area contributed by atoms with Crippen molar-refractivity contribution in [2.24, 2.45) is 5.73 Å². The van der Waals surface area contributed by atoms with E-state index in [1.54, 1.807) is 23.5 Å². The molecule has 0 spiro atoms. The van der Waals surface area contributed by atoms with Crippen LogP contribution in [0.15, 0.2) is 39.5 Å². The van der Waals surface area contributed by atoms with E-state index in [0.29, 0.717) is 5.39 Å². The van der Waals surface area contributed by atoms with Crippen molar-refractivity contribution >= 4 is 28.9 Å². The number of carbonyl (C=O) groups is 3. The van der Waals surface area contributed by atoms with Gasteiger partial charge in [-0.2, -0.15) is 0 Å². The number of fused-ring (bicyclic) bond motifs is 1. The highest BCUT2D eigenvalue weighted by molar-refractivity contribution is 5.97. The lowest BCUT2D eigenvalue weighted by Gasteiger charge is -2.11. The Hall–Kier alpha value is -3.16. The Morgan fingerprint density at radius 2 is 1.95 bits per heavy atom. The zero-order chi connectivity index (χ0) is 16.3. The summed E-state index contributed by atoms with van der Waals surface area (Å²) >= 11 is 0. The fraction of sp³-hybridized carbons (Fsp3) is 0.143. The molecule has 114 valence electrons. The number of amides is 3. The fourth-order valence-corrected chi connectivity index (χ4v) is 1.70. The molecule has 2 aromatic rings. The van der Waals surface area contributed by atoms with E-state index in [9.17, 15) is 19.2 Å². The average molecular weight is 304 g/mol. The largest absolute Gasteiger partial charge is 0.449 e. The van der Waals surface area contributed by atoms with E-state index in [2.05, 4.69) is 0 Å². The van der Waals surface area contributed by atoms with Crippen molar-refractivity contribution in [3.8, 4) is 0 Å². The molecule has 0 aliphatic heterocycles. The van der Waals surface area contributed by atoms with E-state index in [-0.39, 0.29) is 11.3 Å². The first kappa shape index (κ1) is 15.2. The van der Waals surface area contributed by atoms with Crippen LogP contribution in [0.25, 0.3) is 11.0 Å². The molecule has 3 N–H and O–H groups in total. The second-order valence-electron chi connectivity index (χ2n) is 4.37. The molecule has 0 saturated heterocycles. The smallest absolute Gasteiger partial charge is 0.375 e. The van der Waals surface area contributed by atoms with Crippen molar-refractivity contribution in [1.29, 1.82) is 0 Å². The van der Waals surface area contributed by atoms with Crippen molar-refractivity contribution in [3.05, 3.63) is 46.3 Å². The van der Waals surface area contributed by atoms with Crippen molar-refractivity contribution in [3.63, 3.8) is 0 Å². The fourth-order valence-electron chi connectivity index (χ4n) is 1.70. The molecule has 0 saturated carbocycles. The molecule has 22 heavy (non-hydrogen) atoms. The van der Waals surface area contributed by atoms with E-state index in [4.69, 9.17) is 14.9 Å². The Balaban J connectivity index is 2.21. The Morgan fingerprint density at radius 3 is 2.64 bits per heavy atom. The SMILES string of the molecule is CC(OC(=O)c1cc(=O)c2ccccc2o1)C(=O)NC(N)=O. The molecule has 1 atom stereocenters. The molecular formula is C14H12N2O6. The van der Waals surface area contributed by atoms with Gasteiger partial charge in [0.1, 0.15) is 5.58 Å². The first-order valence-corrected chi connectivity index (χ1v) is 6.22. The number of ether oxygens (including phenoxy) is 1. The second kappa shape index (κ2) is 6.08. The van der Waals surface area contributed by atoms with Gasteiger partial charge in [-0.1, -0.05) is 12.1 Å². The van der Waals surface area contributed by atoms with Gasteiger partial charge in [-0.15, -0.1) is 0 Å². The van der Waals surface area contributed by atoms with Crippen molar-refractivity contribution in [2.45, 2.75) is 13.0 Å². The number of primary amides is 1. The molecule has 0 aliphatic carbocycles. The number of rotatable bonds is 3. The number of carbonyl (C=O) groups excluding carboxylic acids is 3. The van der Waals surface area contributed by atoms with E-state index in [0.717, 1.165) is 6.07 Å². The molecule has 1 heterocycles. The van der Waals surface area contributed by atoms with E-state index in [1.807, 2.05) is 0 Å². The molecule has 1 aromatic heterocycles. The molecule has 1 unspecified atom stereocenters. The predicted molar refractivity (Wildman–Crippen MR) is 75.1 cm³/mol. The van der Waals surface area contributed by atoms with Crippen molar-refractivity contribution in [2.75, 3.05) is 0 Å². The second-order valence-corrected chi connectivity index (χ2v) is 4.37. The lowest BCUT2D eigenvalue weighted by atomic mass is 10.2. The number of hydrogen-bond acceptors (Lipinski definition) is 6. The lowest BCUT2D eigenvalue weighted by Crippen LogP contribution is -2.42. The maximum Gasteiger partial charge on any atom is 0.375 e. The van der Waals surface area contributed by atoms with Gasteiger partial charge in [-0.05, 0) is 19.1 Å². The number of para-hydroxylation sites is 1. The van der Waals surface area contributed by atoms with Crippen molar-refractivity contribution < 1.29 is 23.5 Å². The maximum absolute atomic E-state index is 11.9. The van der Waals surface area contributed by atoms with Gasteiger partial charge in [-0.25, -0.2) is 9.59 Å². The first-order chi connectivity index (χ1) is 10.4. The zero-order valence-corrected chi connectivity index (χ0v) is 11.5. The summed E-state index contributed by atoms with van der Waals surface area (Å²) in [7, 11) is 0. The summed E-state index contributed by atoms with van der Waals surface area (Å²) in [5, 5.41) is 2.09. The van der Waals surface area contributed by atoms with Crippen LogP contribution in [0.1, 0.15) is 17.5 Å². The van der Waals surface area contributed by atoms with Crippen LogP contribution in [0, 0.1) is 0 Å². The highest BCUT2D eigenvalue weighted by Crippen LogP contribution is 2.13. The summed E-state index contributed by atoms with van der Waals surface area (Å²) < 4.78 is 10.1. The zero-order valence-electron chi connectivity index (χ0n) is 11.5. The molecular weight excluding hydrogens is 292 g/mol. The summed E-state index contributed by atoms with van der Waals surface area (Å²) in [6.45, 7) is 1.25. The number of benzene rings is 1. The molecule has 8 heteroatoms. The number of esters is 1. The van der Waals surface area contributed by atoms with Crippen LogP contribution in [0.5, 0.6) is 0 Å². The van der Waals surface area contributed by atoms with Gasteiger partial charge in [0, 0.05) is 6.07 Å². The first-order valence-electron chi connectivity index (χ1n) is 6.22. The molecule has 0 fully saturated rings. The topological polar surface area (TPSA) is 129 Å². The quantitative estimate of drug-likeness (QED) is 0.796. The van der Waals surface area contributed by atoms with Gasteiger partial charge in [0.05, 0.1) is 5.39 Å². The van der Waals surface area contributed by atoms with Crippen molar-refractivity contribution in [1.82, 2.24) is 5.32 Å². The minimum atomic E-state index is -1.28. The van der Waals surface area contributed by atoms with E-state index >= 15 is 0 Å². The normalized spacial score (nSPS) is 11.7. The van der Waals surface area contributed by atoms with Crippen LogP contribution in [0.4, 0.5) is 4.79 Å². The minimum absolute atomic E-state index is 0.219. The summed E-state index contributed by atoms with van der Waals surface area (Å²) in [6.07, 6.45) is -1.28. The molecule has 1 aromatic carbocycles. The highest BCUT2D eigenvalue weighted by Gasteiger charge is 2.22. The third-order valence-electron chi connectivity index (χ3n) is 2.74. The highest BCUT2D eigenvalue weighted by atomic mass is 16.6. The molecule has 0 radical (unpaired) electrons. The summed E-state index contributed by atoms with van der Waals surface area (Å²) in [6, 6.07) is 6.29. The summed E-state index contributed by atoms with van der Waals surface area (Å²) in [4.78, 5) is 45.7. The predicted octanol–water partition coefficient (Wildman–Crippen LogP) is 0.533. The Morgan fingerprint density at radius 1 is 1.27 bits per heavy atom. The Bertz CT molecular complexity index is 810. The van der Waals surface area contributed by atoms with Crippen LogP contribution in [0.3, 0.4) is 0 Å². The van der Waals surface area contributed by atoms with Crippen LogP contribution in [-0.2, 0) is 9.53 Å². The van der Waals surface area contributed by atoms with Crippen LogP contribution >= 0.6 is 0 Å². The standard InChI is InChI=1S/C14H12N2O6/c1-7(12(18)16-14(15)20)21-13(19)11-6-9(17)8-4-2-3-5-10(8)22-11/h2-7H,1H3,(H3,15,16,18,20). The Labute approximate surface area is 123 Å². The third-order valence-corrected chi connectivity index (χ3v) is 2.74. The summed E-state index contributed by atoms with van der Waals surface area (Å²) in [5.74, 6) is -2.23. The molecule has 0 bridgehead atoms. The van der Waals surface area contributed by atoms with Gasteiger partial charge in [0.2, 0.25) is 5.76 Å². The van der Waals surface area contributed by atoms with Crippen LogP contribution < -0.4 is 16.5 Å². The lowest BCUT2D eigenvalue weighted by molar-refractivity contribution is -0.127. The number of nitrogens with two attached hydrogens (primary N) is 1. The minimum Gasteiger partial charge on any atom is -0.449 e. The van der Waals surface area contributed by atoms with Gasteiger partial charge >= 0.3 is 12.0 Å². The van der Waals surface area contributed by atoms with Gasteiger partial charge in [-0.3, -0.25) is 14.9 Å². The van der Waals surface area contributed by atoms with Gasteiger partial charge in [0.25, 0.3) is 5.91 Å².